The molecule has 0 bridgehead atoms. The molecule has 1 N–H and O–H groups in total. The van der Waals surface area contributed by atoms with Gasteiger partial charge in [0.25, 0.3) is 5.91 Å². The molecule has 0 aliphatic heterocycles. The minimum absolute atomic E-state index is 0.0355. The molecule has 0 unspecified atom stereocenters. The van der Waals surface area contributed by atoms with E-state index >= 15 is 0 Å². The summed E-state index contributed by atoms with van der Waals surface area (Å²) in [6, 6.07) is 1.37. The monoisotopic (exact) mass is 281 g/mol. The Labute approximate surface area is 119 Å². The summed E-state index contributed by atoms with van der Waals surface area (Å²) in [5.74, 6) is -0.538. The van der Waals surface area contributed by atoms with Gasteiger partial charge in [0.2, 0.25) is 0 Å². The van der Waals surface area contributed by atoms with E-state index in [2.05, 4.69) is 0 Å². The third kappa shape index (κ3) is 3.62. The molecule has 1 heterocycles. The predicted molar refractivity (Wildman–Crippen MR) is 76.1 cm³/mol. The average Bonchev–Trinajstić information content (AvgIpc) is 2.78. The van der Waals surface area contributed by atoms with E-state index in [0.717, 1.165) is 0 Å². The normalized spacial score (nSPS) is 11.2. The largest absolute Gasteiger partial charge is 0.478 e. The Balaban J connectivity index is 3.09. The zero-order valence-electron chi connectivity index (χ0n) is 12.8. The molecular formula is C15H23NO4. The molecular weight excluding hydrogens is 258 g/mol. The summed E-state index contributed by atoms with van der Waals surface area (Å²) >= 11 is 0. The van der Waals surface area contributed by atoms with Gasteiger partial charge in [-0.25, -0.2) is 4.79 Å². The fraction of sp³-hybridized carbons (Fsp3) is 0.600. The van der Waals surface area contributed by atoms with Crippen molar-refractivity contribution < 1.29 is 19.1 Å². The van der Waals surface area contributed by atoms with Crippen molar-refractivity contribution in [2.24, 2.45) is 5.92 Å². The van der Waals surface area contributed by atoms with Gasteiger partial charge in [0.15, 0.2) is 5.76 Å². The molecule has 0 atom stereocenters. The molecule has 112 valence electrons. The molecule has 0 saturated carbocycles. The highest BCUT2D eigenvalue weighted by molar-refractivity contribution is 5.96. The molecule has 0 fully saturated rings. The first-order chi connectivity index (χ1) is 9.27. The maximum Gasteiger partial charge on any atom is 0.339 e. The minimum atomic E-state index is -1.07. The van der Waals surface area contributed by atoms with E-state index in [9.17, 15) is 9.59 Å². The van der Waals surface area contributed by atoms with Gasteiger partial charge >= 0.3 is 5.97 Å². The topological polar surface area (TPSA) is 70.8 Å². The number of carboxylic acid groups (broad SMARTS) is 1. The molecule has 0 radical (unpaired) electrons. The van der Waals surface area contributed by atoms with Gasteiger partial charge in [-0.15, -0.1) is 0 Å². The molecule has 5 heteroatoms. The molecule has 0 aliphatic carbocycles. The second-order valence-corrected chi connectivity index (χ2v) is 5.55. The molecule has 0 aromatic carbocycles. The van der Waals surface area contributed by atoms with Crippen LogP contribution in [0.3, 0.4) is 0 Å². The Kier molecular flexibility index (Phi) is 5.36. The van der Waals surface area contributed by atoms with Gasteiger partial charge in [-0.3, -0.25) is 4.79 Å². The van der Waals surface area contributed by atoms with Crippen molar-refractivity contribution in [1.82, 2.24) is 4.90 Å². The van der Waals surface area contributed by atoms with Crippen LogP contribution < -0.4 is 0 Å². The van der Waals surface area contributed by atoms with Gasteiger partial charge < -0.3 is 14.4 Å². The van der Waals surface area contributed by atoms with Crippen LogP contribution in [0.5, 0.6) is 0 Å². The number of amides is 1. The summed E-state index contributed by atoms with van der Waals surface area (Å²) in [4.78, 5) is 25.3. The van der Waals surface area contributed by atoms with Gasteiger partial charge in [0.05, 0.1) is 0 Å². The maximum atomic E-state index is 12.5. The maximum absolute atomic E-state index is 12.5. The van der Waals surface area contributed by atoms with Gasteiger partial charge in [-0.2, -0.15) is 0 Å². The molecule has 1 rings (SSSR count). The fourth-order valence-corrected chi connectivity index (χ4v) is 2.04. The van der Waals surface area contributed by atoms with Crippen LogP contribution in [0.25, 0.3) is 0 Å². The van der Waals surface area contributed by atoms with E-state index in [1.807, 2.05) is 27.7 Å². The first kappa shape index (κ1) is 16.3. The van der Waals surface area contributed by atoms with Crippen LogP contribution in [0.15, 0.2) is 10.5 Å². The lowest BCUT2D eigenvalue weighted by molar-refractivity contribution is 0.0645. The summed E-state index contributed by atoms with van der Waals surface area (Å²) in [7, 11) is 0. The van der Waals surface area contributed by atoms with Crippen LogP contribution in [0.1, 0.15) is 61.3 Å². The number of carbonyl (C=O) groups is 2. The van der Waals surface area contributed by atoms with Crippen molar-refractivity contribution in [3.63, 3.8) is 0 Å². The van der Waals surface area contributed by atoms with E-state index < -0.39 is 5.97 Å². The zero-order valence-corrected chi connectivity index (χ0v) is 12.8. The third-order valence-electron chi connectivity index (χ3n) is 3.02. The Morgan fingerprint density at radius 2 is 1.90 bits per heavy atom. The number of carboxylic acids is 1. The van der Waals surface area contributed by atoms with Crippen LogP contribution >= 0.6 is 0 Å². The van der Waals surface area contributed by atoms with Crippen LogP contribution in [0.2, 0.25) is 0 Å². The highest BCUT2D eigenvalue weighted by Gasteiger charge is 2.25. The second-order valence-electron chi connectivity index (χ2n) is 5.55. The van der Waals surface area contributed by atoms with Crippen molar-refractivity contribution in [3.05, 3.63) is 23.2 Å². The highest BCUT2D eigenvalue weighted by Crippen LogP contribution is 2.19. The fourth-order valence-electron chi connectivity index (χ4n) is 2.04. The Morgan fingerprint density at radius 1 is 1.30 bits per heavy atom. The van der Waals surface area contributed by atoms with Gasteiger partial charge in [-0.05, 0) is 19.8 Å². The molecule has 5 nitrogen and oxygen atoms in total. The van der Waals surface area contributed by atoms with E-state index in [1.54, 1.807) is 11.8 Å². The highest BCUT2D eigenvalue weighted by atomic mass is 16.4. The van der Waals surface area contributed by atoms with Gasteiger partial charge in [0, 0.05) is 25.1 Å². The predicted octanol–water partition coefficient (Wildman–Crippen LogP) is 3.05. The van der Waals surface area contributed by atoms with Crippen LogP contribution in [0.4, 0.5) is 0 Å². The van der Waals surface area contributed by atoms with E-state index in [-0.39, 0.29) is 23.3 Å². The lowest BCUT2D eigenvalue weighted by Gasteiger charge is -2.27. The van der Waals surface area contributed by atoms with E-state index in [1.165, 1.54) is 6.07 Å². The molecule has 0 aliphatic rings. The standard InChI is InChI=1S/C15H23NO4/c1-6-12-11(15(18)19)7-13(20-12)14(17)16(10(4)5)8-9(2)3/h7,9-10H,6,8H2,1-5H3,(H,18,19). The van der Waals surface area contributed by atoms with Crippen LogP contribution in [-0.4, -0.2) is 34.5 Å². The first-order valence-electron chi connectivity index (χ1n) is 6.94. The van der Waals surface area contributed by atoms with Crippen molar-refractivity contribution in [2.75, 3.05) is 6.54 Å². The first-order valence-corrected chi connectivity index (χ1v) is 6.94. The zero-order chi connectivity index (χ0) is 15.4. The molecule has 1 aromatic rings. The number of nitrogens with zero attached hydrogens (tertiary/aromatic N) is 1. The van der Waals surface area contributed by atoms with Crippen LogP contribution in [0, 0.1) is 5.92 Å². The molecule has 20 heavy (non-hydrogen) atoms. The molecule has 1 aromatic heterocycles. The third-order valence-corrected chi connectivity index (χ3v) is 3.02. The number of rotatable bonds is 6. The summed E-state index contributed by atoms with van der Waals surface area (Å²) < 4.78 is 5.43. The Bertz CT molecular complexity index is 488. The lowest BCUT2D eigenvalue weighted by Crippen LogP contribution is -2.39. The van der Waals surface area contributed by atoms with Gasteiger partial charge in [0.1, 0.15) is 11.3 Å². The van der Waals surface area contributed by atoms with Crippen LogP contribution in [-0.2, 0) is 6.42 Å². The Hall–Kier alpha value is -1.78. The van der Waals surface area contributed by atoms with E-state index in [4.69, 9.17) is 9.52 Å². The number of aryl methyl sites for hydroxylation is 1. The number of aromatic carboxylic acids is 1. The molecule has 0 saturated heterocycles. The number of hydrogen-bond donors (Lipinski definition) is 1. The number of furan rings is 1. The summed E-state index contributed by atoms with van der Waals surface area (Å²) in [5.41, 5.74) is 0.0732. The number of carbonyl (C=O) groups excluding carboxylic acids is 1. The quantitative estimate of drug-likeness (QED) is 0.870. The summed E-state index contributed by atoms with van der Waals surface area (Å²) in [6.45, 7) is 10.3. The van der Waals surface area contributed by atoms with Crippen molar-refractivity contribution in [2.45, 2.75) is 47.1 Å². The van der Waals surface area contributed by atoms with Gasteiger partial charge in [-0.1, -0.05) is 20.8 Å². The summed E-state index contributed by atoms with van der Waals surface area (Å²) in [5, 5.41) is 9.10. The average molecular weight is 281 g/mol. The molecule has 1 amide bonds. The van der Waals surface area contributed by atoms with Crippen molar-refractivity contribution in [3.8, 4) is 0 Å². The van der Waals surface area contributed by atoms with E-state index in [0.29, 0.717) is 24.6 Å². The lowest BCUT2D eigenvalue weighted by atomic mass is 10.1. The second kappa shape index (κ2) is 6.59. The smallest absolute Gasteiger partial charge is 0.339 e. The summed E-state index contributed by atoms with van der Waals surface area (Å²) in [6.07, 6.45) is 0.445. The Morgan fingerprint density at radius 3 is 2.25 bits per heavy atom. The number of hydrogen-bond acceptors (Lipinski definition) is 3. The SMILES string of the molecule is CCc1oc(C(=O)N(CC(C)C)C(C)C)cc1C(=O)O. The molecule has 0 spiro atoms. The minimum Gasteiger partial charge on any atom is -0.478 e. The van der Waals surface area contributed by atoms with Crippen molar-refractivity contribution >= 4 is 11.9 Å². The van der Waals surface area contributed by atoms with Crippen molar-refractivity contribution in [1.29, 1.82) is 0 Å².